The molecule has 0 aliphatic carbocycles. The number of aromatic nitrogens is 3. The van der Waals surface area contributed by atoms with E-state index < -0.39 is 5.91 Å². The molecule has 4 rings (SSSR count). The molecule has 1 atom stereocenters. The number of carbonyl (C=O) groups excluding carboxylic acids is 2. The van der Waals surface area contributed by atoms with Gasteiger partial charge in [-0.1, -0.05) is 17.3 Å². The molecule has 1 aromatic heterocycles. The van der Waals surface area contributed by atoms with Gasteiger partial charge in [-0.3, -0.25) is 9.59 Å². The number of nitrogens with zero attached hydrogens (tertiary/aromatic N) is 4. The predicted molar refractivity (Wildman–Crippen MR) is 97.6 cm³/mol. The van der Waals surface area contributed by atoms with Crippen molar-refractivity contribution in [3.8, 4) is 0 Å². The molecule has 9 nitrogen and oxygen atoms in total. The second kappa shape index (κ2) is 7.36. The molecule has 1 aromatic carbocycles. The average molecular weight is 370 g/mol. The third-order valence-electron chi connectivity index (χ3n) is 4.76. The molecule has 2 aliphatic rings. The summed E-state index contributed by atoms with van der Waals surface area (Å²) in [4.78, 5) is 26.9. The first-order valence-corrected chi connectivity index (χ1v) is 9.06. The van der Waals surface area contributed by atoms with E-state index >= 15 is 0 Å². The fraction of sp³-hybridized carbons (Fsp3) is 0.444. The van der Waals surface area contributed by atoms with Crippen LogP contribution in [-0.2, 0) is 17.8 Å². The number of anilines is 1. The Balaban J connectivity index is 1.39. The van der Waals surface area contributed by atoms with E-state index in [1.807, 2.05) is 31.2 Å². The minimum Gasteiger partial charge on any atom is -0.378 e. The standard InChI is InChI=1S/C18H22N6O3/c1-12-11-24-16(18(26)20-12)15(21-22-24)17(25)19-10-13-2-4-14(5-3-13)23-6-8-27-9-7-23/h2-5,12H,6-11H2,1H3,(H,19,25)(H,20,26)/t12-/m0/s1. The molecule has 142 valence electrons. The Morgan fingerprint density at radius 3 is 2.78 bits per heavy atom. The summed E-state index contributed by atoms with van der Waals surface area (Å²) in [5.41, 5.74) is 2.39. The molecule has 2 N–H and O–H groups in total. The van der Waals surface area contributed by atoms with Crippen molar-refractivity contribution in [3.05, 3.63) is 41.2 Å². The highest BCUT2D eigenvalue weighted by Gasteiger charge is 2.30. The molecular formula is C18H22N6O3. The van der Waals surface area contributed by atoms with Gasteiger partial charge in [-0.25, -0.2) is 4.68 Å². The molecule has 1 fully saturated rings. The Morgan fingerprint density at radius 2 is 2.04 bits per heavy atom. The quantitative estimate of drug-likeness (QED) is 0.796. The van der Waals surface area contributed by atoms with E-state index in [4.69, 9.17) is 4.74 Å². The summed E-state index contributed by atoms with van der Waals surface area (Å²) in [6, 6.07) is 8.02. The van der Waals surface area contributed by atoms with Crippen LogP contribution in [-0.4, -0.2) is 59.2 Å². The summed E-state index contributed by atoms with van der Waals surface area (Å²) in [5, 5.41) is 13.4. The topological polar surface area (TPSA) is 101 Å². The lowest BCUT2D eigenvalue weighted by atomic mass is 10.1. The summed E-state index contributed by atoms with van der Waals surface area (Å²) in [7, 11) is 0. The lowest BCUT2D eigenvalue weighted by Gasteiger charge is -2.28. The van der Waals surface area contributed by atoms with E-state index in [0.717, 1.165) is 37.6 Å². The maximum absolute atomic E-state index is 12.5. The Kier molecular flexibility index (Phi) is 4.76. The first kappa shape index (κ1) is 17.5. The number of benzene rings is 1. The summed E-state index contributed by atoms with van der Waals surface area (Å²) in [5.74, 6) is -0.725. The van der Waals surface area contributed by atoms with Gasteiger partial charge in [0.15, 0.2) is 11.4 Å². The molecular weight excluding hydrogens is 348 g/mol. The number of amides is 2. The summed E-state index contributed by atoms with van der Waals surface area (Å²) in [6.07, 6.45) is 0. The van der Waals surface area contributed by atoms with Gasteiger partial charge in [0, 0.05) is 31.4 Å². The minimum absolute atomic E-state index is 0.0346. The lowest BCUT2D eigenvalue weighted by molar-refractivity contribution is 0.0880. The highest BCUT2D eigenvalue weighted by Crippen LogP contribution is 2.17. The van der Waals surface area contributed by atoms with Crippen LogP contribution < -0.4 is 15.5 Å². The van der Waals surface area contributed by atoms with Crippen LogP contribution in [0.1, 0.15) is 33.5 Å². The van der Waals surface area contributed by atoms with Crippen molar-refractivity contribution in [1.29, 1.82) is 0 Å². The van der Waals surface area contributed by atoms with E-state index in [0.29, 0.717) is 13.1 Å². The van der Waals surface area contributed by atoms with E-state index in [2.05, 4.69) is 25.8 Å². The van der Waals surface area contributed by atoms with E-state index in [-0.39, 0.29) is 23.3 Å². The molecule has 0 bridgehead atoms. The van der Waals surface area contributed by atoms with Crippen molar-refractivity contribution in [1.82, 2.24) is 25.6 Å². The fourth-order valence-corrected chi connectivity index (χ4v) is 3.33. The molecule has 3 heterocycles. The van der Waals surface area contributed by atoms with Crippen molar-refractivity contribution >= 4 is 17.5 Å². The number of fused-ring (bicyclic) bond motifs is 1. The number of nitrogens with one attached hydrogen (secondary N) is 2. The Hall–Kier alpha value is -2.94. The molecule has 27 heavy (non-hydrogen) atoms. The normalized spacial score (nSPS) is 19.4. The van der Waals surface area contributed by atoms with Crippen LogP contribution >= 0.6 is 0 Å². The number of hydrogen-bond donors (Lipinski definition) is 2. The molecule has 0 unspecified atom stereocenters. The van der Waals surface area contributed by atoms with E-state index in [1.54, 1.807) is 0 Å². The monoisotopic (exact) mass is 370 g/mol. The first-order chi connectivity index (χ1) is 13.1. The van der Waals surface area contributed by atoms with Crippen molar-refractivity contribution < 1.29 is 14.3 Å². The van der Waals surface area contributed by atoms with Crippen molar-refractivity contribution in [3.63, 3.8) is 0 Å². The summed E-state index contributed by atoms with van der Waals surface area (Å²) >= 11 is 0. The van der Waals surface area contributed by atoms with Gasteiger partial charge in [0.2, 0.25) is 0 Å². The molecule has 2 aliphatic heterocycles. The third-order valence-corrected chi connectivity index (χ3v) is 4.76. The van der Waals surface area contributed by atoms with Gasteiger partial charge in [-0.2, -0.15) is 0 Å². The zero-order valence-electron chi connectivity index (χ0n) is 15.1. The second-order valence-corrected chi connectivity index (χ2v) is 6.79. The van der Waals surface area contributed by atoms with Crippen LogP contribution in [0.4, 0.5) is 5.69 Å². The van der Waals surface area contributed by atoms with Crippen LogP contribution in [0.2, 0.25) is 0 Å². The zero-order valence-corrected chi connectivity index (χ0v) is 15.1. The Labute approximate surface area is 156 Å². The highest BCUT2D eigenvalue weighted by molar-refractivity contribution is 6.05. The van der Waals surface area contributed by atoms with E-state index in [9.17, 15) is 9.59 Å². The van der Waals surface area contributed by atoms with Gasteiger partial charge in [0.1, 0.15) is 0 Å². The molecule has 0 saturated carbocycles. The largest absolute Gasteiger partial charge is 0.378 e. The van der Waals surface area contributed by atoms with Crippen molar-refractivity contribution in [2.45, 2.75) is 26.1 Å². The second-order valence-electron chi connectivity index (χ2n) is 6.79. The number of hydrogen-bond acceptors (Lipinski definition) is 6. The fourth-order valence-electron chi connectivity index (χ4n) is 3.33. The molecule has 0 spiro atoms. The summed E-state index contributed by atoms with van der Waals surface area (Å²) in [6.45, 7) is 5.99. The van der Waals surface area contributed by atoms with Crippen LogP contribution in [0.15, 0.2) is 24.3 Å². The Morgan fingerprint density at radius 1 is 1.30 bits per heavy atom. The molecule has 0 radical (unpaired) electrons. The first-order valence-electron chi connectivity index (χ1n) is 9.06. The Bertz CT molecular complexity index is 841. The van der Waals surface area contributed by atoms with Crippen LogP contribution in [0, 0.1) is 0 Å². The average Bonchev–Trinajstić information content (AvgIpc) is 3.11. The van der Waals surface area contributed by atoms with Crippen molar-refractivity contribution in [2.75, 3.05) is 31.2 Å². The minimum atomic E-state index is -0.404. The van der Waals surface area contributed by atoms with Crippen molar-refractivity contribution in [2.24, 2.45) is 0 Å². The van der Waals surface area contributed by atoms with Crippen LogP contribution in [0.3, 0.4) is 0 Å². The SMILES string of the molecule is C[C@H]1Cn2nnc(C(=O)NCc3ccc(N4CCOCC4)cc3)c2C(=O)N1. The number of rotatable bonds is 4. The van der Waals surface area contributed by atoms with Gasteiger partial charge in [0.25, 0.3) is 11.8 Å². The number of morpholine rings is 1. The van der Waals surface area contributed by atoms with Crippen LogP contribution in [0.25, 0.3) is 0 Å². The third kappa shape index (κ3) is 3.63. The molecule has 2 aromatic rings. The zero-order chi connectivity index (χ0) is 18.8. The van der Waals surface area contributed by atoms with Gasteiger partial charge in [-0.15, -0.1) is 5.10 Å². The number of ether oxygens (including phenoxy) is 1. The molecule has 9 heteroatoms. The van der Waals surface area contributed by atoms with Gasteiger partial charge in [-0.05, 0) is 24.6 Å². The summed E-state index contributed by atoms with van der Waals surface area (Å²) < 4.78 is 6.85. The maximum Gasteiger partial charge on any atom is 0.274 e. The lowest BCUT2D eigenvalue weighted by Crippen LogP contribution is -2.43. The van der Waals surface area contributed by atoms with Gasteiger partial charge >= 0.3 is 0 Å². The number of carbonyl (C=O) groups is 2. The molecule has 1 saturated heterocycles. The molecule has 2 amide bonds. The smallest absolute Gasteiger partial charge is 0.274 e. The van der Waals surface area contributed by atoms with Crippen LogP contribution in [0.5, 0.6) is 0 Å². The van der Waals surface area contributed by atoms with E-state index in [1.165, 1.54) is 4.68 Å². The van der Waals surface area contributed by atoms with Gasteiger partial charge < -0.3 is 20.3 Å². The predicted octanol–water partition coefficient (Wildman–Crippen LogP) is 0.177. The highest BCUT2D eigenvalue weighted by atomic mass is 16.5. The maximum atomic E-state index is 12.5. The van der Waals surface area contributed by atoms with Gasteiger partial charge in [0.05, 0.1) is 19.8 Å².